The molecule has 1 aromatic heterocycles. The molecule has 1 aliphatic heterocycles. The highest BCUT2D eigenvalue weighted by Gasteiger charge is 2.30. The summed E-state index contributed by atoms with van der Waals surface area (Å²) in [6, 6.07) is 5.67. The van der Waals surface area contributed by atoms with E-state index in [4.69, 9.17) is 4.74 Å². The standard InChI is InChI=1S/C24H31N3O3S/c1-16-7-6-10-20(30-2)21(16)26-22(28)19-15-31-23(25-19)17-11-13-27(14-12-17)24(29)18-8-4-3-5-9-18/h6-7,10,15,17-18H,3-5,8-9,11-14H2,1-2H3,(H,26,28). The van der Waals surface area contributed by atoms with Gasteiger partial charge in [0.15, 0.2) is 0 Å². The van der Waals surface area contributed by atoms with Crippen LogP contribution in [0.25, 0.3) is 0 Å². The zero-order valence-corrected chi connectivity index (χ0v) is 19.2. The highest BCUT2D eigenvalue weighted by atomic mass is 32.1. The number of nitrogens with zero attached hydrogens (tertiary/aromatic N) is 2. The summed E-state index contributed by atoms with van der Waals surface area (Å²) in [5.41, 5.74) is 2.06. The van der Waals surface area contributed by atoms with Crippen molar-refractivity contribution in [3.8, 4) is 5.75 Å². The quantitative estimate of drug-likeness (QED) is 0.709. The van der Waals surface area contributed by atoms with E-state index < -0.39 is 0 Å². The van der Waals surface area contributed by atoms with E-state index in [1.807, 2.05) is 30.5 Å². The predicted molar refractivity (Wildman–Crippen MR) is 123 cm³/mol. The van der Waals surface area contributed by atoms with Gasteiger partial charge in [-0.25, -0.2) is 4.98 Å². The molecule has 0 bridgehead atoms. The van der Waals surface area contributed by atoms with Crippen LogP contribution in [0.1, 0.15) is 71.9 Å². The molecule has 0 atom stereocenters. The van der Waals surface area contributed by atoms with Gasteiger partial charge in [-0.05, 0) is 44.2 Å². The van der Waals surface area contributed by atoms with Crippen LogP contribution in [0.5, 0.6) is 5.75 Å². The van der Waals surface area contributed by atoms with Crippen LogP contribution in [-0.2, 0) is 4.79 Å². The van der Waals surface area contributed by atoms with Gasteiger partial charge in [0.25, 0.3) is 5.91 Å². The van der Waals surface area contributed by atoms with E-state index >= 15 is 0 Å². The summed E-state index contributed by atoms with van der Waals surface area (Å²) in [6.07, 6.45) is 7.57. The van der Waals surface area contributed by atoms with Crippen molar-refractivity contribution in [3.05, 3.63) is 39.8 Å². The Morgan fingerprint density at radius 3 is 2.58 bits per heavy atom. The highest BCUT2D eigenvalue weighted by Crippen LogP contribution is 2.33. The van der Waals surface area contributed by atoms with Crippen LogP contribution < -0.4 is 10.1 Å². The van der Waals surface area contributed by atoms with E-state index in [0.717, 1.165) is 49.3 Å². The second-order valence-corrected chi connectivity index (χ2v) is 9.50. The lowest BCUT2D eigenvalue weighted by Gasteiger charge is -2.34. The molecule has 7 heteroatoms. The van der Waals surface area contributed by atoms with Crippen LogP contribution >= 0.6 is 11.3 Å². The van der Waals surface area contributed by atoms with E-state index in [-0.39, 0.29) is 11.8 Å². The number of hydrogen-bond acceptors (Lipinski definition) is 5. The molecule has 6 nitrogen and oxygen atoms in total. The monoisotopic (exact) mass is 441 g/mol. The Kier molecular flexibility index (Phi) is 6.90. The summed E-state index contributed by atoms with van der Waals surface area (Å²) in [6.45, 7) is 3.52. The lowest BCUT2D eigenvalue weighted by atomic mass is 9.87. The first-order valence-corrected chi connectivity index (χ1v) is 12.1. The molecule has 2 amide bonds. The number of likely N-dealkylation sites (tertiary alicyclic amines) is 1. The lowest BCUT2D eigenvalue weighted by Crippen LogP contribution is -2.41. The third-order valence-electron chi connectivity index (χ3n) is 6.56. The fourth-order valence-corrected chi connectivity index (χ4v) is 5.65. The molecular weight excluding hydrogens is 410 g/mol. The lowest BCUT2D eigenvalue weighted by molar-refractivity contribution is -0.137. The second-order valence-electron chi connectivity index (χ2n) is 8.61. The summed E-state index contributed by atoms with van der Waals surface area (Å²) >= 11 is 1.54. The molecule has 2 aliphatic rings. The third-order valence-corrected chi connectivity index (χ3v) is 7.57. The molecule has 1 aliphatic carbocycles. The fraction of sp³-hybridized carbons (Fsp3) is 0.542. The Hall–Kier alpha value is -2.41. The van der Waals surface area contributed by atoms with Gasteiger partial charge in [-0.1, -0.05) is 31.4 Å². The number of aromatic nitrogens is 1. The minimum atomic E-state index is -0.222. The average Bonchev–Trinajstić information content (AvgIpc) is 3.31. The van der Waals surface area contributed by atoms with E-state index in [2.05, 4.69) is 15.2 Å². The van der Waals surface area contributed by atoms with Crippen molar-refractivity contribution >= 4 is 28.8 Å². The molecule has 2 aromatic rings. The SMILES string of the molecule is COc1cccc(C)c1NC(=O)c1csc(C2CCN(C(=O)C3CCCCC3)CC2)n1. The number of hydrogen-bond donors (Lipinski definition) is 1. The van der Waals surface area contributed by atoms with Crippen molar-refractivity contribution in [2.75, 3.05) is 25.5 Å². The van der Waals surface area contributed by atoms with Gasteiger partial charge in [0.2, 0.25) is 5.91 Å². The predicted octanol–water partition coefficient (Wildman–Crippen LogP) is 5.00. The maximum Gasteiger partial charge on any atom is 0.275 e. The van der Waals surface area contributed by atoms with E-state index in [1.165, 1.54) is 19.3 Å². The minimum absolute atomic E-state index is 0.222. The van der Waals surface area contributed by atoms with Crippen LogP contribution in [0, 0.1) is 12.8 Å². The number of methoxy groups -OCH3 is 1. The first kappa shape index (κ1) is 21.8. The van der Waals surface area contributed by atoms with Gasteiger partial charge in [-0.15, -0.1) is 11.3 Å². The van der Waals surface area contributed by atoms with Crippen LogP contribution in [-0.4, -0.2) is 41.9 Å². The summed E-state index contributed by atoms with van der Waals surface area (Å²) in [5.74, 6) is 1.32. The number of rotatable bonds is 5. The number of thiazole rings is 1. The van der Waals surface area contributed by atoms with Crippen LogP contribution in [0.4, 0.5) is 5.69 Å². The zero-order valence-electron chi connectivity index (χ0n) is 18.4. The Bertz CT molecular complexity index is 928. The van der Waals surface area contributed by atoms with E-state index in [0.29, 0.717) is 29.0 Å². The molecule has 0 radical (unpaired) electrons. The third kappa shape index (κ3) is 4.92. The van der Waals surface area contributed by atoms with Gasteiger partial charge >= 0.3 is 0 Å². The largest absolute Gasteiger partial charge is 0.495 e. The Labute approximate surface area is 188 Å². The Balaban J connectivity index is 1.35. The zero-order chi connectivity index (χ0) is 21.8. The van der Waals surface area contributed by atoms with Crippen molar-refractivity contribution in [1.29, 1.82) is 0 Å². The number of anilines is 1. The molecule has 4 rings (SSSR count). The van der Waals surface area contributed by atoms with Crippen molar-refractivity contribution < 1.29 is 14.3 Å². The smallest absolute Gasteiger partial charge is 0.275 e. The van der Waals surface area contributed by atoms with Gasteiger partial charge in [-0.2, -0.15) is 0 Å². The molecule has 1 saturated carbocycles. The number of para-hydroxylation sites is 1. The van der Waals surface area contributed by atoms with Crippen molar-refractivity contribution in [1.82, 2.24) is 9.88 Å². The second kappa shape index (κ2) is 9.81. The molecule has 0 spiro atoms. The average molecular weight is 442 g/mol. The van der Waals surface area contributed by atoms with Crippen molar-refractivity contribution in [2.24, 2.45) is 5.92 Å². The number of ether oxygens (including phenoxy) is 1. The topological polar surface area (TPSA) is 71.5 Å². The Morgan fingerprint density at radius 2 is 1.87 bits per heavy atom. The maximum atomic E-state index is 12.8. The summed E-state index contributed by atoms with van der Waals surface area (Å²) < 4.78 is 5.37. The Morgan fingerprint density at radius 1 is 1.13 bits per heavy atom. The van der Waals surface area contributed by atoms with Gasteiger partial charge < -0.3 is 15.0 Å². The van der Waals surface area contributed by atoms with E-state index in [9.17, 15) is 9.59 Å². The number of amides is 2. The fourth-order valence-electron chi connectivity index (χ4n) is 4.68. The van der Waals surface area contributed by atoms with Gasteiger partial charge in [0.05, 0.1) is 17.8 Å². The molecule has 0 unspecified atom stereocenters. The van der Waals surface area contributed by atoms with Gasteiger partial charge in [0, 0.05) is 30.3 Å². The van der Waals surface area contributed by atoms with Crippen LogP contribution in [0.2, 0.25) is 0 Å². The first-order chi connectivity index (χ1) is 15.1. The van der Waals surface area contributed by atoms with Crippen LogP contribution in [0.15, 0.2) is 23.6 Å². The number of piperidine rings is 1. The summed E-state index contributed by atoms with van der Waals surface area (Å²) in [4.78, 5) is 32.3. The molecule has 1 aromatic carbocycles. The minimum Gasteiger partial charge on any atom is -0.495 e. The van der Waals surface area contributed by atoms with Gasteiger partial charge in [-0.3, -0.25) is 9.59 Å². The molecule has 166 valence electrons. The van der Waals surface area contributed by atoms with Gasteiger partial charge in [0.1, 0.15) is 11.4 Å². The number of aryl methyl sites for hydroxylation is 1. The summed E-state index contributed by atoms with van der Waals surface area (Å²) in [5, 5.41) is 5.77. The highest BCUT2D eigenvalue weighted by molar-refractivity contribution is 7.10. The van der Waals surface area contributed by atoms with Crippen molar-refractivity contribution in [2.45, 2.75) is 57.8 Å². The normalized spacial score (nSPS) is 18.1. The number of nitrogens with one attached hydrogen (secondary N) is 1. The molecule has 31 heavy (non-hydrogen) atoms. The first-order valence-electron chi connectivity index (χ1n) is 11.3. The maximum absolute atomic E-state index is 12.8. The molecule has 2 heterocycles. The number of benzene rings is 1. The molecule has 1 N–H and O–H groups in total. The number of carbonyl (C=O) groups is 2. The molecule has 2 fully saturated rings. The van der Waals surface area contributed by atoms with Crippen LogP contribution in [0.3, 0.4) is 0 Å². The van der Waals surface area contributed by atoms with E-state index in [1.54, 1.807) is 18.4 Å². The van der Waals surface area contributed by atoms with Crippen molar-refractivity contribution in [3.63, 3.8) is 0 Å². The molecular formula is C24H31N3O3S. The molecule has 1 saturated heterocycles. The number of carbonyl (C=O) groups excluding carboxylic acids is 2. The summed E-state index contributed by atoms with van der Waals surface area (Å²) in [7, 11) is 1.59.